The number of aryl methyl sites for hydroxylation is 2. The molecule has 0 saturated heterocycles. The van der Waals surface area contributed by atoms with Crippen molar-refractivity contribution in [3.8, 4) is 0 Å². The molecule has 0 spiro atoms. The minimum Gasteiger partial charge on any atom is -0.376 e. The van der Waals surface area contributed by atoms with Gasteiger partial charge in [-0.15, -0.1) is 0 Å². The summed E-state index contributed by atoms with van der Waals surface area (Å²) in [4.78, 5) is 12.6. The van der Waals surface area contributed by atoms with E-state index in [1.165, 1.54) is 34.9 Å². The van der Waals surface area contributed by atoms with E-state index in [4.69, 9.17) is 0 Å². The highest BCUT2D eigenvalue weighted by Crippen LogP contribution is 2.34. The maximum absolute atomic E-state index is 12.5. The van der Waals surface area contributed by atoms with Gasteiger partial charge < -0.3 is 10.6 Å². The summed E-state index contributed by atoms with van der Waals surface area (Å²) >= 11 is 0. The lowest BCUT2D eigenvalue weighted by Crippen LogP contribution is -2.30. The molecule has 0 atom stereocenters. The summed E-state index contributed by atoms with van der Waals surface area (Å²) in [6, 6.07) is 17.2. The fourth-order valence-electron chi connectivity index (χ4n) is 3.93. The Kier molecular flexibility index (Phi) is 5.49. The highest BCUT2D eigenvalue weighted by Gasteiger charge is 2.21. The molecular formula is C23H25N3O3S. The Balaban J connectivity index is 1.44. The number of hydrogen-bond acceptors (Lipinski definition) is 4. The number of rotatable bonds is 7. The topological polar surface area (TPSA) is 78.5 Å². The average Bonchev–Trinajstić information content (AvgIpc) is 3.16. The van der Waals surface area contributed by atoms with Crippen molar-refractivity contribution in [1.29, 1.82) is 0 Å². The zero-order valence-corrected chi connectivity index (χ0v) is 17.9. The van der Waals surface area contributed by atoms with Crippen molar-refractivity contribution in [1.82, 2.24) is 9.62 Å². The standard InChI is InChI=1S/C23H25N3O3S/c1-26(2)30(28,29)21-9-4-3-6-18(21)14-25-22(27)15-24-20-13-12-17-11-10-16-7-5-8-19(20)23(16)17/h3-9,12-13,24H,10-11,14-15H2,1-2H3,(H,25,27). The van der Waals surface area contributed by atoms with Gasteiger partial charge in [0.05, 0.1) is 11.4 Å². The van der Waals surface area contributed by atoms with Crippen LogP contribution in [0.3, 0.4) is 0 Å². The molecule has 30 heavy (non-hydrogen) atoms. The molecule has 7 heteroatoms. The molecule has 0 unspecified atom stereocenters. The number of carbonyl (C=O) groups is 1. The van der Waals surface area contributed by atoms with Gasteiger partial charge in [0.15, 0.2) is 0 Å². The first kappa shape index (κ1) is 20.4. The van der Waals surface area contributed by atoms with Crippen LogP contribution in [-0.2, 0) is 34.2 Å². The molecule has 4 rings (SSSR count). The predicted molar refractivity (Wildman–Crippen MR) is 119 cm³/mol. The van der Waals surface area contributed by atoms with Crippen LogP contribution in [0.1, 0.15) is 16.7 Å². The fourth-order valence-corrected chi connectivity index (χ4v) is 5.05. The summed E-state index contributed by atoms with van der Waals surface area (Å²) in [7, 11) is -0.585. The van der Waals surface area contributed by atoms with Crippen LogP contribution < -0.4 is 10.6 Å². The van der Waals surface area contributed by atoms with Crippen molar-refractivity contribution in [2.45, 2.75) is 24.3 Å². The zero-order chi connectivity index (χ0) is 21.3. The van der Waals surface area contributed by atoms with Gasteiger partial charge in [-0.3, -0.25) is 4.79 Å². The maximum Gasteiger partial charge on any atom is 0.242 e. The molecule has 2 N–H and O–H groups in total. The number of amides is 1. The summed E-state index contributed by atoms with van der Waals surface area (Å²) in [6.07, 6.45) is 2.12. The molecule has 1 aliphatic carbocycles. The average molecular weight is 424 g/mol. The van der Waals surface area contributed by atoms with E-state index < -0.39 is 10.0 Å². The van der Waals surface area contributed by atoms with E-state index in [2.05, 4.69) is 34.9 Å². The van der Waals surface area contributed by atoms with Crippen LogP contribution in [0.25, 0.3) is 10.8 Å². The molecular weight excluding hydrogens is 398 g/mol. The Morgan fingerprint density at radius 2 is 1.70 bits per heavy atom. The second kappa shape index (κ2) is 8.08. The minimum absolute atomic E-state index is 0.112. The predicted octanol–water partition coefficient (Wildman–Crippen LogP) is 2.92. The van der Waals surface area contributed by atoms with Crippen molar-refractivity contribution in [2.75, 3.05) is 26.0 Å². The normalized spacial score (nSPS) is 13.0. The Morgan fingerprint density at radius 1 is 0.967 bits per heavy atom. The van der Waals surface area contributed by atoms with Crippen LogP contribution in [0, 0.1) is 0 Å². The highest BCUT2D eigenvalue weighted by molar-refractivity contribution is 7.89. The lowest BCUT2D eigenvalue weighted by atomic mass is 10.0. The van der Waals surface area contributed by atoms with Crippen molar-refractivity contribution in [3.05, 3.63) is 71.3 Å². The Morgan fingerprint density at radius 3 is 2.47 bits per heavy atom. The monoisotopic (exact) mass is 423 g/mol. The smallest absolute Gasteiger partial charge is 0.242 e. The lowest BCUT2D eigenvalue weighted by molar-refractivity contribution is -0.119. The molecule has 0 aromatic heterocycles. The van der Waals surface area contributed by atoms with Crippen molar-refractivity contribution < 1.29 is 13.2 Å². The van der Waals surface area contributed by atoms with E-state index in [0.717, 1.165) is 23.9 Å². The van der Waals surface area contributed by atoms with E-state index in [0.29, 0.717) is 5.56 Å². The summed E-state index contributed by atoms with van der Waals surface area (Å²) in [5.41, 5.74) is 4.21. The first-order chi connectivity index (χ1) is 14.4. The van der Waals surface area contributed by atoms with Crippen molar-refractivity contribution in [2.24, 2.45) is 0 Å². The molecule has 0 saturated carbocycles. The van der Waals surface area contributed by atoms with E-state index >= 15 is 0 Å². The highest BCUT2D eigenvalue weighted by atomic mass is 32.2. The number of carbonyl (C=O) groups excluding carboxylic acids is 1. The van der Waals surface area contributed by atoms with Gasteiger partial charge in [-0.2, -0.15) is 0 Å². The molecule has 0 heterocycles. The van der Waals surface area contributed by atoms with Gasteiger partial charge in [0.1, 0.15) is 0 Å². The third-order valence-electron chi connectivity index (χ3n) is 5.52. The maximum atomic E-state index is 12.5. The number of anilines is 1. The van der Waals surface area contributed by atoms with Gasteiger partial charge in [-0.1, -0.05) is 42.5 Å². The van der Waals surface area contributed by atoms with Crippen LogP contribution in [-0.4, -0.2) is 39.3 Å². The van der Waals surface area contributed by atoms with Crippen LogP contribution in [0.5, 0.6) is 0 Å². The number of hydrogen-bond donors (Lipinski definition) is 2. The summed E-state index contributed by atoms with van der Waals surface area (Å²) in [6.45, 7) is 0.259. The second-order valence-corrected chi connectivity index (χ2v) is 9.76. The number of sulfonamides is 1. The molecule has 1 amide bonds. The van der Waals surface area contributed by atoms with Gasteiger partial charge in [0.2, 0.25) is 15.9 Å². The van der Waals surface area contributed by atoms with Crippen LogP contribution in [0.2, 0.25) is 0 Å². The van der Waals surface area contributed by atoms with Gasteiger partial charge in [-0.25, -0.2) is 12.7 Å². The van der Waals surface area contributed by atoms with E-state index in [9.17, 15) is 13.2 Å². The summed E-state index contributed by atoms with van der Waals surface area (Å²) in [5, 5.41) is 8.48. The third-order valence-corrected chi connectivity index (χ3v) is 7.44. The van der Waals surface area contributed by atoms with Crippen molar-refractivity contribution in [3.63, 3.8) is 0 Å². The molecule has 1 aliphatic rings. The van der Waals surface area contributed by atoms with E-state index in [-0.39, 0.29) is 23.9 Å². The number of benzene rings is 3. The van der Waals surface area contributed by atoms with Gasteiger partial charge >= 0.3 is 0 Å². The van der Waals surface area contributed by atoms with Gasteiger partial charge in [0.25, 0.3) is 0 Å². The molecule has 3 aromatic carbocycles. The Labute approximate surface area is 177 Å². The second-order valence-electron chi connectivity index (χ2n) is 7.64. The van der Waals surface area contributed by atoms with E-state index in [1.807, 2.05) is 6.07 Å². The molecule has 0 fully saturated rings. The number of nitrogens with zero attached hydrogens (tertiary/aromatic N) is 1. The molecule has 6 nitrogen and oxygen atoms in total. The third kappa shape index (κ3) is 3.78. The SMILES string of the molecule is CN(C)S(=O)(=O)c1ccccc1CNC(=O)CNc1ccc2c3c(cccc13)CC2. The molecule has 156 valence electrons. The number of nitrogens with one attached hydrogen (secondary N) is 2. The van der Waals surface area contributed by atoms with Crippen LogP contribution in [0.15, 0.2) is 59.5 Å². The summed E-state index contributed by atoms with van der Waals surface area (Å²) in [5.74, 6) is -0.199. The van der Waals surface area contributed by atoms with Gasteiger partial charge in [0, 0.05) is 31.7 Å². The molecule has 0 radical (unpaired) electrons. The molecule has 3 aromatic rings. The molecule has 0 aliphatic heterocycles. The van der Waals surface area contributed by atoms with Crippen molar-refractivity contribution >= 4 is 32.4 Å². The van der Waals surface area contributed by atoms with Crippen LogP contribution >= 0.6 is 0 Å². The summed E-state index contributed by atoms with van der Waals surface area (Å²) < 4.78 is 26.2. The van der Waals surface area contributed by atoms with Gasteiger partial charge in [-0.05, 0) is 47.1 Å². The largest absolute Gasteiger partial charge is 0.376 e. The van der Waals surface area contributed by atoms with Crippen LogP contribution in [0.4, 0.5) is 5.69 Å². The Hall–Kier alpha value is -2.90. The Bertz CT molecular complexity index is 1210. The quantitative estimate of drug-likeness (QED) is 0.613. The first-order valence-corrected chi connectivity index (χ1v) is 11.4. The molecule has 0 bridgehead atoms. The van der Waals surface area contributed by atoms with E-state index in [1.54, 1.807) is 24.3 Å². The lowest BCUT2D eigenvalue weighted by Gasteiger charge is -2.16. The minimum atomic E-state index is -3.57. The first-order valence-electron chi connectivity index (χ1n) is 9.92. The fraction of sp³-hybridized carbons (Fsp3) is 0.261. The zero-order valence-electron chi connectivity index (χ0n) is 17.1.